The Kier molecular flexibility index (Phi) is 6.13. The van der Waals surface area contributed by atoms with E-state index in [1.165, 1.54) is 12.1 Å². The number of halogens is 1. The van der Waals surface area contributed by atoms with Crippen LogP contribution in [0.15, 0.2) is 24.3 Å². The molecule has 0 bridgehead atoms. The Bertz CT molecular complexity index is 544. The maximum atomic E-state index is 13.0. The van der Waals surface area contributed by atoms with Crippen molar-refractivity contribution in [2.45, 2.75) is 44.9 Å². The molecule has 1 amide bonds. The molecule has 23 heavy (non-hydrogen) atoms. The molecule has 0 radical (unpaired) electrons. The van der Waals surface area contributed by atoms with Gasteiger partial charge in [0.15, 0.2) is 0 Å². The highest BCUT2D eigenvalue weighted by atomic mass is 19.1. The second kappa shape index (κ2) is 8.09. The van der Waals surface area contributed by atoms with Crippen molar-refractivity contribution in [2.75, 3.05) is 13.1 Å². The van der Waals surface area contributed by atoms with Gasteiger partial charge in [0.05, 0.1) is 0 Å². The van der Waals surface area contributed by atoms with Crippen LogP contribution in [-0.4, -0.2) is 35.0 Å². The standard InChI is InChI=1S/C18H24FNO3/c1-13(15-5-7-16(19)8-6-15)11-17(21)20-10-2-3-14(12-20)4-9-18(22)23/h5-8,13-14H,2-4,9-12H2,1H3,(H,22,23). The molecule has 2 rings (SSSR count). The van der Waals surface area contributed by atoms with Gasteiger partial charge in [-0.05, 0) is 48.8 Å². The summed E-state index contributed by atoms with van der Waals surface area (Å²) in [6, 6.07) is 6.27. The van der Waals surface area contributed by atoms with Crippen molar-refractivity contribution in [1.82, 2.24) is 4.90 Å². The molecule has 1 fully saturated rings. The van der Waals surface area contributed by atoms with Crippen LogP contribution < -0.4 is 0 Å². The zero-order valence-electron chi connectivity index (χ0n) is 13.5. The summed E-state index contributed by atoms with van der Waals surface area (Å²) in [6.07, 6.45) is 3.12. The topological polar surface area (TPSA) is 57.6 Å². The fraction of sp³-hybridized carbons (Fsp3) is 0.556. The van der Waals surface area contributed by atoms with Gasteiger partial charge < -0.3 is 10.0 Å². The van der Waals surface area contributed by atoms with Crippen molar-refractivity contribution in [1.29, 1.82) is 0 Å². The fourth-order valence-electron chi connectivity index (χ4n) is 3.16. The number of benzene rings is 1. The third-order valence-corrected chi connectivity index (χ3v) is 4.56. The number of carboxylic acid groups (broad SMARTS) is 1. The van der Waals surface area contributed by atoms with Gasteiger partial charge in [0.2, 0.25) is 5.91 Å². The average Bonchev–Trinajstić information content (AvgIpc) is 2.53. The van der Waals surface area contributed by atoms with E-state index in [4.69, 9.17) is 5.11 Å². The Morgan fingerprint density at radius 3 is 2.70 bits per heavy atom. The normalized spacial score (nSPS) is 19.4. The number of carbonyl (C=O) groups excluding carboxylic acids is 1. The number of carboxylic acids is 1. The monoisotopic (exact) mass is 321 g/mol. The number of hydrogen-bond donors (Lipinski definition) is 1. The minimum atomic E-state index is -0.779. The molecule has 0 aliphatic carbocycles. The van der Waals surface area contributed by atoms with Crippen LogP contribution in [0, 0.1) is 11.7 Å². The van der Waals surface area contributed by atoms with Gasteiger partial charge in [0, 0.05) is 25.9 Å². The molecular formula is C18H24FNO3. The lowest BCUT2D eigenvalue weighted by molar-refractivity contribution is -0.137. The Morgan fingerprint density at radius 2 is 2.04 bits per heavy atom. The Morgan fingerprint density at radius 1 is 1.35 bits per heavy atom. The summed E-state index contributed by atoms with van der Waals surface area (Å²) in [7, 11) is 0. The van der Waals surface area contributed by atoms with E-state index in [0.717, 1.165) is 24.9 Å². The molecule has 2 unspecified atom stereocenters. The molecule has 1 aliphatic heterocycles. The summed E-state index contributed by atoms with van der Waals surface area (Å²) in [6.45, 7) is 3.37. The van der Waals surface area contributed by atoms with Crippen molar-refractivity contribution in [3.05, 3.63) is 35.6 Å². The number of hydrogen-bond acceptors (Lipinski definition) is 2. The number of piperidine rings is 1. The van der Waals surface area contributed by atoms with E-state index in [2.05, 4.69) is 0 Å². The van der Waals surface area contributed by atoms with Gasteiger partial charge in [-0.15, -0.1) is 0 Å². The molecule has 126 valence electrons. The van der Waals surface area contributed by atoms with Crippen molar-refractivity contribution in [3.8, 4) is 0 Å². The molecule has 1 aromatic rings. The first-order valence-electron chi connectivity index (χ1n) is 8.20. The molecular weight excluding hydrogens is 297 g/mol. The van der Waals surface area contributed by atoms with Gasteiger partial charge >= 0.3 is 5.97 Å². The molecule has 0 saturated carbocycles. The zero-order valence-corrected chi connectivity index (χ0v) is 13.5. The average molecular weight is 321 g/mol. The molecule has 4 nitrogen and oxygen atoms in total. The first kappa shape index (κ1) is 17.4. The Hall–Kier alpha value is -1.91. The molecule has 0 aromatic heterocycles. The first-order chi connectivity index (χ1) is 11.0. The molecule has 1 saturated heterocycles. The Balaban J connectivity index is 1.86. The number of aliphatic carboxylic acids is 1. The van der Waals surface area contributed by atoms with Crippen LogP contribution in [0.1, 0.15) is 50.5 Å². The van der Waals surface area contributed by atoms with Crippen LogP contribution in [0.4, 0.5) is 4.39 Å². The smallest absolute Gasteiger partial charge is 0.303 e. The fourth-order valence-corrected chi connectivity index (χ4v) is 3.16. The third-order valence-electron chi connectivity index (χ3n) is 4.56. The summed E-state index contributed by atoms with van der Waals surface area (Å²) in [5.41, 5.74) is 0.958. The highest BCUT2D eigenvalue weighted by Crippen LogP contribution is 2.25. The van der Waals surface area contributed by atoms with Crippen molar-refractivity contribution in [2.24, 2.45) is 5.92 Å². The predicted molar refractivity (Wildman–Crippen MR) is 85.6 cm³/mol. The van der Waals surface area contributed by atoms with Gasteiger partial charge in [-0.1, -0.05) is 19.1 Å². The van der Waals surface area contributed by atoms with E-state index >= 15 is 0 Å². The Labute approximate surface area is 136 Å². The van der Waals surface area contributed by atoms with Crippen molar-refractivity contribution < 1.29 is 19.1 Å². The van der Waals surface area contributed by atoms with Gasteiger partial charge in [-0.25, -0.2) is 4.39 Å². The van der Waals surface area contributed by atoms with E-state index in [1.807, 2.05) is 11.8 Å². The number of nitrogens with zero attached hydrogens (tertiary/aromatic N) is 1. The molecule has 5 heteroatoms. The van der Waals surface area contributed by atoms with Gasteiger partial charge in [-0.3, -0.25) is 9.59 Å². The summed E-state index contributed by atoms with van der Waals surface area (Å²) in [5.74, 6) is -0.628. The second-order valence-electron chi connectivity index (χ2n) is 6.44. The van der Waals surface area contributed by atoms with Crippen LogP contribution >= 0.6 is 0 Å². The van der Waals surface area contributed by atoms with Gasteiger partial charge in [-0.2, -0.15) is 0 Å². The summed E-state index contributed by atoms with van der Waals surface area (Å²) < 4.78 is 13.0. The maximum Gasteiger partial charge on any atom is 0.303 e. The lowest BCUT2D eigenvalue weighted by Crippen LogP contribution is -2.40. The van der Waals surface area contributed by atoms with E-state index in [0.29, 0.717) is 19.4 Å². The summed E-state index contributed by atoms with van der Waals surface area (Å²) in [4.78, 5) is 25.0. The lowest BCUT2D eigenvalue weighted by atomic mass is 9.92. The van der Waals surface area contributed by atoms with Crippen LogP contribution in [0.2, 0.25) is 0 Å². The van der Waals surface area contributed by atoms with E-state index in [9.17, 15) is 14.0 Å². The van der Waals surface area contributed by atoms with Crippen LogP contribution in [0.25, 0.3) is 0 Å². The maximum absolute atomic E-state index is 13.0. The van der Waals surface area contributed by atoms with Crippen LogP contribution in [0.3, 0.4) is 0 Å². The summed E-state index contributed by atoms with van der Waals surface area (Å²) in [5, 5.41) is 8.78. The quantitative estimate of drug-likeness (QED) is 0.873. The minimum absolute atomic E-state index is 0.0440. The molecule has 2 atom stereocenters. The lowest BCUT2D eigenvalue weighted by Gasteiger charge is -2.33. The highest BCUT2D eigenvalue weighted by Gasteiger charge is 2.25. The van der Waals surface area contributed by atoms with E-state index < -0.39 is 5.97 Å². The first-order valence-corrected chi connectivity index (χ1v) is 8.20. The third kappa shape index (κ3) is 5.34. The number of likely N-dealkylation sites (tertiary alicyclic amines) is 1. The van der Waals surface area contributed by atoms with Crippen LogP contribution in [-0.2, 0) is 9.59 Å². The molecule has 1 aliphatic rings. The van der Waals surface area contributed by atoms with Crippen molar-refractivity contribution in [3.63, 3.8) is 0 Å². The van der Waals surface area contributed by atoms with Crippen LogP contribution in [0.5, 0.6) is 0 Å². The zero-order chi connectivity index (χ0) is 16.8. The number of rotatable bonds is 6. The minimum Gasteiger partial charge on any atom is -0.481 e. The SMILES string of the molecule is CC(CC(=O)N1CCCC(CCC(=O)O)C1)c1ccc(F)cc1. The highest BCUT2D eigenvalue weighted by molar-refractivity contribution is 5.77. The molecule has 1 heterocycles. The molecule has 0 spiro atoms. The second-order valence-corrected chi connectivity index (χ2v) is 6.44. The number of carbonyl (C=O) groups is 2. The van der Waals surface area contributed by atoms with Gasteiger partial charge in [0.25, 0.3) is 0 Å². The molecule has 1 aromatic carbocycles. The number of amides is 1. The predicted octanol–water partition coefficient (Wildman–Crippen LogP) is 3.42. The van der Waals surface area contributed by atoms with E-state index in [-0.39, 0.29) is 30.0 Å². The van der Waals surface area contributed by atoms with Gasteiger partial charge in [0.1, 0.15) is 5.82 Å². The van der Waals surface area contributed by atoms with Crippen molar-refractivity contribution >= 4 is 11.9 Å². The molecule has 1 N–H and O–H groups in total. The largest absolute Gasteiger partial charge is 0.481 e. The van der Waals surface area contributed by atoms with E-state index in [1.54, 1.807) is 12.1 Å². The summed E-state index contributed by atoms with van der Waals surface area (Å²) >= 11 is 0.